The molecule has 0 spiro atoms. The minimum atomic E-state index is -0.532. The van der Waals surface area contributed by atoms with Crippen LogP contribution in [0.4, 0.5) is 4.39 Å². The van der Waals surface area contributed by atoms with E-state index in [0.717, 1.165) is 5.56 Å². The molecule has 0 bridgehead atoms. The van der Waals surface area contributed by atoms with Gasteiger partial charge in [-0.1, -0.05) is 16.8 Å². The highest BCUT2D eigenvalue weighted by Crippen LogP contribution is 2.20. The van der Waals surface area contributed by atoms with Gasteiger partial charge >= 0.3 is 0 Å². The number of nitrogens with zero attached hydrogens (tertiary/aromatic N) is 7. The lowest BCUT2D eigenvalue weighted by molar-refractivity contribution is -0.00789. The van der Waals surface area contributed by atoms with Gasteiger partial charge in [0.1, 0.15) is 11.6 Å². The van der Waals surface area contributed by atoms with Gasteiger partial charge in [0.15, 0.2) is 11.2 Å². The average molecular weight is 430 g/mol. The molecule has 0 unspecified atom stereocenters. The standard InChI is InChI=1S/C20H21ClFN7O/c1-20(2,3)30-7-6-28-12-13(10-24-28)8-18-23-11-17-19(25-18)29(27-26-17)14-4-5-15(21)16(22)9-14/h4-5,9-12H,6-8H2,1-3H3. The molecule has 30 heavy (non-hydrogen) atoms. The van der Waals surface area contributed by atoms with Crippen LogP contribution in [0.25, 0.3) is 16.9 Å². The van der Waals surface area contributed by atoms with E-state index in [-0.39, 0.29) is 10.6 Å². The molecule has 8 nitrogen and oxygen atoms in total. The minimum absolute atomic E-state index is 0.0448. The zero-order valence-electron chi connectivity index (χ0n) is 16.9. The van der Waals surface area contributed by atoms with Crippen molar-refractivity contribution in [3.8, 4) is 5.69 Å². The van der Waals surface area contributed by atoms with E-state index in [9.17, 15) is 4.39 Å². The van der Waals surface area contributed by atoms with Crippen LogP contribution in [0, 0.1) is 5.82 Å². The van der Waals surface area contributed by atoms with Gasteiger partial charge in [-0.3, -0.25) is 4.68 Å². The fourth-order valence-corrected chi connectivity index (χ4v) is 3.00. The van der Waals surface area contributed by atoms with E-state index in [1.807, 2.05) is 31.6 Å². The van der Waals surface area contributed by atoms with Crippen molar-refractivity contribution in [3.63, 3.8) is 0 Å². The molecule has 0 atom stereocenters. The van der Waals surface area contributed by atoms with Crippen LogP contribution in [0.15, 0.2) is 36.8 Å². The Morgan fingerprint density at radius 1 is 1.20 bits per heavy atom. The molecular formula is C20H21ClFN7O. The van der Waals surface area contributed by atoms with E-state index in [4.69, 9.17) is 16.3 Å². The molecular weight excluding hydrogens is 409 g/mol. The number of aromatic nitrogens is 7. The summed E-state index contributed by atoms with van der Waals surface area (Å²) in [6, 6.07) is 4.42. The van der Waals surface area contributed by atoms with Crippen molar-refractivity contribution >= 4 is 22.8 Å². The number of ether oxygens (including phenoxy) is 1. The largest absolute Gasteiger partial charge is 0.374 e. The number of hydrogen-bond donors (Lipinski definition) is 0. The second-order valence-corrected chi connectivity index (χ2v) is 8.25. The molecule has 0 aliphatic heterocycles. The zero-order valence-corrected chi connectivity index (χ0v) is 17.6. The fraction of sp³-hybridized carbons (Fsp3) is 0.350. The van der Waals surface area contributed by atoms with E-state index < -0.39 is 5.82 Å². The molecule has 3 heterocycles. The van der Waals surface area contributed by atoms with Crippen LogP contribution in [-0.2, 0) is 17.7 Å². The third kappa shape index (κ3) is 4.63. The summed E-state index contributed by atoms with van der Waals surface area (Å²) in [5.41, 5.74) is 2.29. The zero-order chi connectivity index (χ0) is 21.3. The Kier molecular flexibility index (Phi) is 5.48. The summed E-state index contributed by atoms with van der Waals surface area (Å²) in [7, 11) is 0. The van der Waals surface area contributed by atoms with Crippen molar-refractivity contribution in [2.24, 2.45) is 0 Å². The normalized spacial score (nSPS) is 12.0. The van der Waals surface area contributed by atoms with Crippen molar-refractivity contribution in [3.05, 3.63) is 59.0 Å². The highest BCUT2D eigenvalue weighted by molar-refractivity contribution is 6.30. The van der Waals surface area contributed by atoms with Gasteiger partial charge in [0, 0.05) is 18.7 Å². The highest BCUT2D eigenvalue weighted by Gasteiger charge is 2.13. The molecule has 0 N–H and O–H groups in total. The lowest BCUT2D eigenvalue weighted by Crippen LogP contribution is -2.22. The molecule has 3 aromatic heterocycles. The van der Waals surface area contributed by atoms with Gasteiger partial charge < -0.3 is 4.74 Å². The van der Waals surface area contributed by atoms with Gasteiger partial charge in [0.25, 0.3) is 0 Å². The maximum Gasteiger partial charge on any atom is 0.187 e. The molecule has 4 aromatic rings. The molecule has 0 amide bonds. The van der Waals surface area contributed by atoms with Crippen molar-refractivity contribution in [1.82, 2.24) is 34.7 Å². The van der Waals surface area contributed by atoms with E-state index in [1.54, 1.807) is 18.5 Å². The van der Waals surface area contributed by atoms with Crippen molar-refractivity contribution in [2.75, 3.05) is 6.61 Å². The summed E-state index contributed by atoms with van der Waals surface area (Å²) in [6.07, 6.45) is 5.84. The number of fused-ring (bicyclic) bond motifs is 1. The van der Waals surface area contributed by atoms with E-state index in [2.05, 4.69) is 25.4 Å². The molecule has 10 heteroatoms. The summed E-state index contributed by atoms with van der Waals surface area (Å²) in [6.45, 7) is 7.30. The van der Waals surface area contributed by atoms with Crippen molar-refractivity contribution < 1.29 is 9.13 Å². The maximum absolute atomic E-state index is 13.8. The molecule has 0 aliphatic rings. The minimum Gasteiger partial charge on any atom is -0.374 e. The van der Waals surface area contributed by atoms with Crippen LogP contribution in [0.1, 0.15) is 32.2 Å². The third-order valence-electron chi connectivity index (χ3n) is 4.29. The van der Waals surface area contributed by atoms with Crippen LogP contribution < -0.4 is 0 Å². The first-order valence-electron chi connectivity index (χ1n) is 9.46. The molecule has 0 saturated carbocycles. The number of rotatable bonds is 6. The molecule has 156 valence electrons. The van der Waals surface area contributed by atoms with Gasteiger partial charge in [-0.05, 0) is 38.5 Å². The fourth-order valence-electron chi connectivity index (χ4n) is 2.89. The summed E-state index contributed by atoms with van der Waals surface area (Å²) < 4.78 is 22.9. The summed E-state index contributed by atoms with van der Waals surface area (Å²) in [5.74, 6) is 0.0564. The summed E-state index contributed by atoms with van der Waals surface area (Å²) >= 11 is 5.77. The van der Waals surface area contributed by atoms with Gasteiger partial charge in [-0.15, -0.1) is 5.10 Å². The topological polar surface area (TPSA) is 83.5 Å². The predicted octanol–water partition coefficient (Wildman–Crippen LogP) is 3.61. The van der Waals surface area contributed by atoms with Crippen LogP contribution in [0.3, 0.4) is 0 Å². The predicted molar refractivity (Wildman–Crippen MR) is 110 cm³/mol. The van der Waals surface area contributed by atoms with E-state index >= 15 is 0 Å². The lowest BCUT2D eigenvalue weighted by Gasteiger charge is -2.19. The van der Waals surface area contributed by atoms with Crippen LogP contribution >= 0.6 is 11.6 Å². The Hall–Kier alpha value is -2.91. The van der Waals surface area contributed by atoms with Gasteiger partial charge in [0.05, 0.1) is 41.9 Å². The number of hydrogen-bond acceptors (Lipinski definition) is 6. The molecule has 0 aliphatic carbocycles. The van der Waals surface area contributed by atoms with Crippen LogP contribution in [-0.4, -0.2) is 47.0 Å². The first-order chi connectivity index (χ1) is 14.3. The Morgan fingerprint density at radius 2 is 2.03 bits per heavy atom. The number of halogens is 2. The number of benzene rings is 1. The highest BCUT2D eigenvalue weighted by atomic mass is 35.5. The van der Waals surface area contributed by atoms with Gasteiger partial charge in [-0.2, -0.15) is 9.78 Å². The SMILES string of the molecule is CC(C)(C)OCCn1cc(Cc2ncc3nnn(-c4ccc(Cl)c(F)c4)c3n2)cn1. The Morgan fingerprint density at radius 3 is 2.80 bits per heavy atom. The second kappa shape index (κ2) is 8.08. The average Bonchev–Trinajstić information content (AvgIpc) is 3.30. The molecule has 0 radical (unpaired) electrons. The van der Waals surface area contributed by atoms with Crippen molar-refractivity contribution in [2.45, 2.75) is 39.3 Å². The first-order valence-corrected chi connectivity index (χ1v) is 9.84. The third-order valence-corrected chi connectivity index (χ3v) is 4.60. The van der Waals surface area contributed by atoms with Gasteiger partial charge in [0.2, 0.25) is 0 Å². The Balaban J connectivity index is 1.52. The lowest BCUT2D eigenvalue weighted by atomic mass is 10.2. The Bertz CT molecular complexity index is 1180. The van der Waals surface area contributed by atoms with Crippen LogP contribution in [0.2, 0.25) is 5.02 Å². The molecule has 1 aromatic carbocycles. The van der Waals surface area contributed by atoms with Gasteiger partial charge in [-0.25, -0.2) is 14.4 Å². The monoisotopic (exact) mass is 429 g/mol. The van der Waals surface area contributed by atoms with E-state index in [1.165, 1.54) is 16.8 Å². The molecule has 4 rings (SSSR count). The quantitative estimate of drug-likeness (QED) is 0.465. The smallest absolute Gasteiger partial charge is 0.187 e. The second-order valence-electron chi connectivity index (χ2n) is 7.84. The molecule has 0 saturated heterocycles. The van der Waals surface area contributed by atoms with Crippen molar-refractivity contribution in [1.29, 1.82) is 0 Å². The van der Waals surface area contributed by atoms with E-state index in [0.29, 0.717) is 42.2 Å². The maximum atomic E-state index is 13.8. The first kappa shape index (κ1) is 20.4. The summed E-state index contributed by atoms with van der Waals surface area (Å²) in [5, 5.41) is 12.5. The molecule has 0 fully saturated rings. The summed E-state index contributed by atoms with van der Waals surface area (Å²) in [4.78, 5) is 8.93. The van der Waals surface area contributed by atoms with Crippen LogP contribution in [0.5, 0.6) is 0 Å². The Labute approximate surface area is 177 Å².